The van der Waals surface area contributed by atoms with Crippen LogP contribution < -0.4 is 16.0 Å². The molecule has 1 aromatic heterocycles. The van der Waals surface area contributed by atoms with Crippen LogP contribution in [0, 0.1) is 0 Å². The van der Waals surface area contributed by atoms with Crippen molar-refractivity contribution in [1.82, 2.24) is 4.98 Å². The van der Waals surface area contributed by atoms with E-state index < -0.39 is 0 Å². The summed E-state index contributed by atoms with van der Waals surface area (Å²) in [7, 11) is 0. The third kappa shape index (κ3) is 7.13. The van der Waals surface area contributed by atoms with E-state index in [-0.39, 0.29) is 6.97 Å². The van der Waals surface area contributed by atoms with Crippen molar-refractivity contribution in [3.63, 3.8) is 0 Å². The molecule has 2 aromatic carbocycles. The van der Waals surface area contributed by atoms with Crippen LogP contribution in [0.2, 0.25) is 0 Å². The van der Waals surface area contributed by atoms with E-state index in [0.29, 0.717) is 0 Å². The van der Waals surface area contributed by atoms with Gasteiger partial charge in [-0.25, -0.2) is 4.98 Å². The molecule has 0 radical (unpaired) electrons. The first-order chi connectivity index (χ1) is 17.6. The van der Waals surface area contributed by atoms with E-state index >= 15 is 0 Å². The van der Waals surface area contributed by atoms with Crippen LogP contribution in [0.5, 0.6) is 0 Å². The summed E-state index contributed by atoms with van der Waals surface area (Å²) in [6, 6.07) is 17.4. The van der Waals surface area contributed by atoms with Crippen molar-refractivity contribution in [2.45, 2.75) is 72.8 Å². The number of fused-ring (bicyclic) bond motifs is 1. The molecule has 1 aliphatic rings. The van der Waals surface area contributed by atoms with Gasteiger partial charge in [-0.3, -0.25) is 0 Å². The second kappa shape index (κ2) is 14.3. The molecule has 36 heavy (non-hydrogen) atoms. The summed E-state index contributed by atoms with van der Waals surface area (Å²) in [5, 5.41) is 6.25. The maximum Gasteiger partial charge on any atom is 0.128 e. The number of anilines is 2. The van der Waals surface area contributed by atoms with Gasteiger partial charge in [-0.2, -0.15) is 0 Å². The van der Waals surface area contributed by atoms with Gasteiger partial charge in [-0.05, 0) is 84.8 Å². The zero-order valence-electron chi connectivity index (χ0n) is 23.3. The number of pyridine rings is 1. The number of benzene rings is 2. The van der Waals surface area contributed by atoms with E-state index in [1.165, 1.54) is 16.3 Å². The molecular formula is C32H48N4. The first-order valence-electron chi connectivity index (χ1n) is 13.6. The molecule has 0 bridgehead atoms. The molecule has 0 saturated heterocycles. The fourth-order valence-electron chi connectivity index (χ4n) is 4.30. The number of nitrogens with one attached hydrogen (secondary N) is 1. The molecule has 0 aliphatic heterocycles. The molecule has 1 fully saturated rings. The molecule has 1 aliphatic carbocycles. The Morgan fingerprint density at radius 2 is 1.78 bits per heavy atom. The summed E-state index contributed by atoms with van der Waals surface area (Å²) in [5.74, 6) is 1.06. The van der Waals surface area contributed by atoms with Crippen LogP contribution in [-0.2, 0) is 5.54 Å². The molecule has 4 rings (SSSR count). The third-order valence-corrected chi connectivity index (χ3v) is 6.34. The van der Waals surface area contributed by atoms with Crippen LogP contribution in [0.4, 0.5) is 11.5 Å². The number of rotatable bonds is 10. The lowest BCUT2D eigenvalue weighted by atomic mass is 10.0. The van der Waals surface area contributed by atoms with Crippen LogP contribution >= 0.6 is 0 Å². The van der Waals surface area contributed by atoms with Crippen LogP contribution in [0.1, 0.15) is 79.8 Å². The highest BCUT2D eigenvalue weighted by molar-refractivity contribution is 5.88. The number of allylic oxidation sites excluding steroid dienone is 1. The fraction of sp³-hybridized carbons (Fsp3) is 0.406. The molecule has 0 unspecified atom stereocenters. The standard InChI is InChI=1S/C28H34N4.2C2H6.H2/c1-4-7-17-32(16-5-2)27-20-24(12-15-30-27)28(13-14-28)31-25-11-10-21-8-9-22(26(29)6-3)18-23(21)19-25;2*1-2;/h4,6,8-12,15,18-20,31H,1,5,7,13-14,16-17,29H2,2-3H3;2*1-2H3;1H/b26-6-;;;. The molecule has 0 spiro atoms. The Balaban J connectivity index is 0.00000131. The normalized spacial score (nSPS) is 13.6. The molecule has 3 aromatic rings. The van der Waals surface area contributed by atoms with Gasteiger partial charge in [-0.15, -0.1) is 6.58 Å². The first kappa shape index (κ1) is 29.0. The summed E-state index contributed by atoms with van der Waals surface area (Å²) in [6.07, 6.45) is 10.2. The van der Waals surface area contributed by atoms with Crippen molar-refractivity contribution in [3.05, 3.63) is 84.6 Å². The maximum absolute atomic E-state index is 6.13. The molecule has 4 nitrogen and oxygen atoms in total. The third-order valence-electron chi connectivity index (χ3n) is 6.34. The lowest BCUT2D eigenvalue weighted by Gasteiger charge is -2.25. The van der Waals surface area contributed by atoms with E-state index in [1.807, 2.05) is 53.0 Å². The van der Waals surface area contributed by atoms with Crippen molar-refractivity contribution >= 4 is 28.0 Å². The van der Waals surface area contributed by atoms with Gasteiger partial charge < -0.3 is 16.0 Å². The van der Waals surface area contributed by atoms with Gasteiger partial charge in [0.05, 0.1) is 5.54 Å². The number of hydrogen-bond donors (Lipinski definition) is 2. The van der Waals surface area contributed by atoms with Crippen LogP contribution in [0.25, 0.3) is 16.5 Å². The number of hydrogen-bond acceptors (Lipinski definition) is 4. The van der Waals surface area contributed by atoms with Crippen LogP contribution in [0.3, 0.4) is 0 Å². The van der Waals surface area contributed by atoms with Gasteiger partial charge in [0.1, 0.15) is 5.82 Å². The summed E-state index contributed by atoms with van der Waals surface area (Å²) < 4.78 is 0. The Kier molecular flexibility index (Phi) is 11.5. The summed E-state index contributed by atoms with van der Waals surface area (Å²) in [6.45, 7) is 18.0. The van der Waals surface area contributed by atoms with Crippen molar-refractivity contribution in [2.24, 2.45) is 5.73 Å². The Morgan fingerprint density at radius 1 is 1.06 bits per heavy atom. The fourth-order valence-corrected chi connectivity index (χ4v) is 4.30. The van der Waals surface area contributed by atoms with Gasteiger partial charge in [-0.1, -0.05) is 65.0 Å². The minimum atomic E-state index is -0.0123. The zero-order chi connectivity index (χ0) is 26.6. The first-order valence-corrected chi connectivity index (χ1v) is 13.6. The molecule has 0 atom stereocenters. The maximum atomic E-state index is 6.13. The van der Waals surface area contributed by atoms with Crippen LogP contribution in [-0.4, -0.2) is 18.1 Å². The van der Waals surface area contributed by atoms with Crippen LogP contribution in [0.15, 0.2) is 73.5 Å². The van der Waals surface area contributed by atoms with Gasteiger partial charge in [0, 0.05) is 32.1 Å². The number of nitrogens with zero attached hydrogens (tertiary/aromatic N) is 2. The second-order valence-corrected chi connectivity index (χ2v) is 8.69. The topological polar surface area (TPSA) is 54.2 Å². The highest BCUT2D eigenvalue weighted by atomic mass is 15.2. The number of nitrogens with two attached hydrogens (primary N) is 1. The molecule has 3 N–H and O–H groups in total. The summed E-state index contributed by atoms with van der Waals surface area (Å²) in [4.78, 5) is 7.05. The van der Waals surface area contributed by atoms with Gasteiger partial charge in [0.15, 0.2) is 0 Å². The van der Waals surface area contributed by atoms with Crippen molar-refractivity contribution < 1.29 is 1.43 Å². The minimum Gasteiger partial charge on any atom is -0.399 e. The lowest BCUT2D eigenvalue weighted by molar-refractivity contribution is 0.746. The van der Waals surface area contributed by atoms with E-state index in [9.17, 15) is 0 Å². The molecule has 1 heterocycles. The number of aromatic nitrogens is 1. The second-order valence-electron chi connectivity index (χ2n) is 8.69. The van der Waals surface area contributed by atoms with Gasteiger partial charge in [0.25, 0.3) is 0 Å². The SMILES string of the molecule is C=CCCN(CCC)c1cc(C2(Nc3ccc4ccc(/C(N)=C/C)cc4c3)CC2)ccn1.CC.CC.[HH]. The van der Waals surface area contributed by atoms with E-state index in [1.54, 1.807) is 0 Å². The van der Waals surface area contributed by atoms with Crippen molar-refractivity contribution in [3.8, 4) is 0 Å². The molecule has 196 valence electrons. The largest absolute Gasteiger partial charge is 0.399 e. The van der Waals surface area contributed by atoms with Crippen molar-refractivity contribution in [2.75, 3.05) is 23.3 Å². The Labute approximate surface area is 220 Å². The average molecular weight is 489 g/mol. The minimum absolute atomic E-state index is 0. The predicted molar refractivity (Wildman–Crippen MR) is 163 cm³/mol. The Morgan fingerprint density at radius 3 is 2.42 bits per heavy atom. The molecule has 1 saturated carbocycles. The van der Waals surface area contributed by atoms with E-state index in [0.717, 1.165) is 61.5 Å². The van der Waals surface area contributed by atoms with E-state index in [2.05, 4.69) is 77.2 Å². The average Bonchev–Trinajstić information content (AvgIpc) is 3.73. The highest BCUT2D eigenvalue weighted by Gasteiger charge is 2.44. The summed E-state index contributed by atoms with van der Waals surface area (Å²) in [5.41, 5.74) is 10.4. The lowest BCUT2D eigenvalue weighted by Crippen LogP contribution is -2.27. The smallest absolute Gasteiger partial charge is 0.128 e. The van der Waals surface area contributed by atoms with Crippen molar-refractivity contribution in [1.29, 1.82) is 0 Å². The Bertz CT molecular complexity index is 1130. The molecular weight excluding hydrogens is 440 g/mol. The van der Waals surface area contributed by atoms with E-state index in [4.69, 9.17) is 5.73 Å². The summed E-state index contributed by atoms with van der Waals surface area (Å²) >= 11 is 0. The zero-order valence-corrected chi connectivity index (χ0v) is 23.3. The predicted octanol–water partition coefficient (Wildman–Crippen LogP) is 8.75. The highest BCUT2D eigenvalue weighted by Crippen LogP contribution is 2.49. The monoisotopic (exact) mass is 488 g/mol. The van der Waals surface area contributed by atoms with Gasteiger partial charge in [0.2, 0.25) is 0 Å². The van der Waals surface area contributed by atoms with Gasteiger partial charge >= 0.3 is 0 Å². The molecule has 0 amide bonds. The molecule has 4 heteroatoms. The Hall–Kier alpha value is -3.27. The quantitative estimate of drug-likeness (QED) is 0.280.